The number of aromatic nitrogens is 1. The minimum absolute atomic E-state index is 0.437. The Balaban J connectivity index is 2.50. The van der Waals surface area contributed by atoms with Crippen molar-refractivity contribution in [2.24, 2.45) is 0 Å². The fourth-order valence-electron chi connectivity index (χ4n) is 0.798. The standard InChI is InChI=1S/C7H11BrN2O/c1-5(9-2)3-6-4-7(8)11-10-6/h4-5,9H,3H2,1-2H3. The van der Waals surface area contributed by atoms with Gasteiger partial charge in [-0.2, -0.15) is 0 Å². The summed E-state index contributed by atoms with van der Waals surface area (Å²) >= 11 is 3.19. The third-order valence-electron chi connectivity index (χ3n) is 1.54. The highest BCUT2D eigenvalue weighted by atomic mass is 79.9. The van der Waals surface area contributed by atoms with E-state index in [4.69, 9.17) is 4.52 Å². The van der Waals surface area contributed by atoms with Crippen LogP contribution >= 0.6 is 15.9 Å². The Morgan fingerprint density at radius 2 is 2.55 bits per heavy atom. The van der Waals surface area contributed by atoms with Crippen LogP contribution in [0.1, 0.15) is 12.6 Å². The second-order valence-corrected chi connectivity index (χ2v) is 3.30. The molecule has 0 aliphatic rings. The van der Waals surface area contributed by atoms with Gasteiger partial charge in [0.25, 0.3) is 0 Å². The van der Waals surface area contributed by atoms with Crippen molar-refractivity contribution in [3.8, 4) is 0 Å². The molecule has 1 heterocycles. The molecule has 1 atom stereocenters. The van der Waals surface area contributed by atoms with Crippen LogP contribution in [0.25, 0.3) is 0 Å². The van der Waals surface area contributed by atoms with Crippen molar-refractivity contribution in [1.29, 1.82) is 0 Å². The van der Waals surface area contributed by atoms with Crippen LogP contribution in [0.5, 0.6) is 0 Å². The molecule has 0 saturated carbocycles. The van der Waals surface area contributed by atoms with Gasteiger partial charge in [-0.3, -0.25) is 0 Å². The van der Waals surface area contributed by atoms with Crippen molar-refractivity contribution < 1.29 is 4.52 Å². The monoisotopic (exact) mass is 218 g/mol. The van der Waals surface area contributed by atoms with Crippen LogP contribution in [-0.2, 0) is 6.42 Å². The minimum atomic E-state index is 0.437. The fraction of sp³-hybridized carbons (Fsp3) is 0.571. The topological polar surface area (TPSA) is 38.1 Å². The van der Waals surface area contributed by atoms with Crippen molar-refractivity contribution in [1.82, 2.24) is 10.5 Å². The lowest BCUT2D eigenvalue weighted by atomic mass is 10.2. The predicted octanol–water partition coefficient (Wildman–Crippen LogP) is 1.59. The van der Waals surface area contributed by atoms with E-state index in [0.717, 1.165) is 12.1 Å². The summed E-state index contributed by atoms with van der Waals surface area (Å²) in [5.41, 5.74) is 0.971. The molecular weight excluding hydrogens is 208 g/mol. The molecule has 0 amide bonds. The summed E-state index contributed by atoms with van der Waals surface area (Å²) < 4.78 is 5.54. The first-order valence-corrected chi connectivity index (χ1v) is 4.30. The normalized spacial score (nSPS) is 13.4. The van der Waals surface area contributed by atoms with Gasteiger partial charge in [-0.1, -0.05) is 5.16 Å². The zero-order valence-electron chi connectivity index (χ0n) is 6.60. The van der Waals surface area contributed by atoms with Crippen molar-refractivity contribution >= 4 is 15.9 Å². The molecule has 0 bridgehead atoms. The SMILES string of the molecule is CNC(C)Cc1cc(Br)on1. The Kier molecular flexibility index (Phi) is 3.08. The molecule has 3 nitrogen and oxygen atoms in total. The first-order chi connectivity index (χ1) is 5.22. The highest BCUT2D eigenvalue weighted by Crippen LogP contribution is 2.11. The van der Waals surface area contributed by atoms with E-state index in [0.29, 0.717) is 10.7 Å². The number of nitrogens with one attached hydrogen (secondary N) is 1. The van der Waals surface area contributed by atoms with Gasteiger partial charge < -0.3 is 9.84 Å². The Bertz CT molecular complexity index is 224. The maximum Gasteiger partial charge on any atom is 0.202 e. The third-order valence-corrected chi connectivity index (χ3v) is 1.91. The third kappa shape index (κ3) is 2.63. The minimum Gasteiger partial charge on any atom is -0.349 e. The molecule has 1 N–H and O–H groups in total. The largest absolute Gasteiger partial charge is 0.349 e. The van der Waals surface area contributed by atoms with Gasteiger partial charge in [0.2, 0.25) is 4.67 Å². The van der Waals surface area contributed by atoms with E-state index >= 15 is 0 Å². The van der Waals surface area contributed by atoms with Gasteiger partial charge in [0.1, 0.15) is 0 Å². The van der Waals surface area contributed by atoms with Crippen molar-refractivity contribution in [3.05, 3.63) is 16.4 Å². The van der Waals surface area contributed by atoms with Crippen molar-refractivity contribution in [2.75, 3.05) is 7.05 Å². The van der Waals surface area contributed by atoms with E-state index in [1.165, 1.54) is 0 Å². The maximum absolute atomic E-state index is 4.85. The van der Waals surface area contributed by atoms with Crippen LogP contribution in [0.15, 0.2) is 15.3 Å². The van der Waals surface area contributed by atoms with E-state index in [1.54, 1.807) is 0 Å². The molecule has 0 radical (unpaired) electrons. The highest BCUT2D eigenvalue weighted by Gasteiger charge is 2.04. The Morgan fingerprint density at radius 3 is 3.00 bits per heavy atom. The summed E-state index contributed by atoms with van der Waals surface area (Å²) in [6.07, 6.45) is 0.894. The molecule has 0 saturated heterocycles. The lowest BCUT2D eigenvalue weighted by Crippen LogP contribution is -2.23. The zero-order valence-corrected chi connectivity index (χ0v) is 8.18. The summed E-state index contributed by atoms with van der Waals surface area (Å²) in [4.78, 5) is 0. The Labute approximate surface area is 74.3 Å². The molecule has 62 valence electrons. The van der Waals surface area contributed by atoms with Gasteiger partial charge >= 0.3 is 0 Å². The molecule has 0 aliphatic heterocycles. The highest BCUT2D eigenvalue weighted by molar-refractivity contribution is 9.10. The number of likely N-dealkylation sites (N-methyl/N-ethyl adjacent to an activating group) is 1. The van der Waals surface area contributed by atoms with Gasteiger partial charge in [-0.25, -0.2) is 0 Å². The van der Waals surface area contributed by atoms with Gasteiger partial charge in [0, 0.05) is 18.5 Å². The number of hydrogen-bond donors (Lipinski definition) is 1. The van der Waals surface area contributed by atoms with Crippen LogP contribution in [0.3, 0.4) is 0 Å². The molecule has 0 fully saturated rings. The summed E-state index contributed by atoms with van der Waals surface area (Å²) in [6.45, 7) is 2.10. The lowest BCUT2D eigenvalue weighted by molar-refractivity contribution is 0.390. The first kappa shape index (κ1) is 8.74. The van der Waals surface area contributed by atoms with Crippen LogP contribution in [0, 0.1) is 0 Å². The second-order valence-electron chi connectivity index (χ2n) is 2.52. The van der Waals surface area contributed by atoms with E-state index < -0.39 is 0 Å². The molecule has 1 rings (SSSR count). The quantitative estimate of drug-likeness (QED) is 0.838. The lowest BCUT2D eigenvalue weighted by Gasteiger charge is -2.05. The molecule has 11 heavy (non-hydrogen) atoms. The summed E-state index contributed by atoms with van der Waals surface area (Å²) in [5.74, 6) is 0. The van der Waals surface area contributed by atoms with Gasteiger partial charge in [0.05, 0.1) is 5.69 Å². The Morgan fingerprint density at radius 1 is 1.82 bits per heavy atom. The summed E-state index contributed by atoms with van der Waals surface area (Å²) in [5, 5.41) is 6.97. The number of nitrogens with zero attached hydrogens (tertiary/aromatic N) is 1. The van der Waals surface area contributed by atoms with Crippen LogP contribution < -0.4 is 5.32 Å². The molecule has 0 spiro atoms. The van der Waals surface area contributed by atoms with Crippen LogP contribution in [0.2, 0.25) is 0 Å². The first-order valence-electron chi connectivity index (χ1n) is 3.50. The molecule has 4 heteroatoms. The van der Waals surface area contributed by atoms with Crippen molar-refractivity contribution in [2.45, 2.75) is 19.4 Å². The van der Waals surface area contributed by atoms with Crippen LogP contribution in [-0.4, -0.2) is 18.2 Å². The molecular formula is C7H11BrN2O. The van der Waals surface area contributed by atoms with E-state index in [2.05, 4.69) is 33.3 Å². The van der Waals surface area contributed by atoms with Gasteiger partial charge in [-0.15, -0.1) is 0 Å². The average Bonchev–Trinajstić information content (AvgIpc) is 2.35. The van der Waals surface area contributed by atoms with E-state index in [9.17, 15) is 0 Å². The molecule has 1 aromatic rings. The number of hydrogen-bond acceptors (Lipinski definition) is 3. The smallest absolute Gasteiger partial charge is 0.202 e. The molecule has 1 aromatic heterocycles. The molecule has 0 aliphatic carbocycles. The number of rotatable bonds is 3. The zero-order chi connectivity index (χ0) is 8.27. The van der Waals surface area contributed by atoms with Crippen LogP contribution in [0.4, 0.5) is 0 Å². The fourth-order valence-corrected chi connectivity index (χ4v) is 1.13. The maximum atomic E-state index is 4.85. The second kappa shape index (κ2) is 3.88. The summed E-state index contributed by atoms with van der Waals surface area (Å²) in [6, 6.07) is 2.32. The molecule has 1 unspecified atom stereocenters. The number of halogens is 1. The summed E-state index contributed by atoms with van der Waals surface area (Å²) in [7, 11) is 1.93. The van der Waals surface area contributed by atoms with Gasteiger partial charge in [0.15, 0.2) is 0 Å². The van der Waals surface area contributed by atoms with Crippen molar-refractivity contribution in [3.63, 3.8) is 0 Å². The van der Waals surface area contributed by atoms with E-state index in [-0.39, 0.29) is 0 Å². The van der Waals surface area contributed by atoms with Gasteiger partial charge in [-0.05, 0) is 29.9 Å². The predicted molar refractivity (Wildman–Crippen MR) is 46.4 cm³/mol. The molecule has 0 aromatic carbocycles. The average molecular weight is 219 g/mol. The Hall–Kier alpha value is -0.350. The van der Waals surface area contributed by atoms with E-state index in [1.807, 2.05) is 13.1 Å².